The van der Waals surface area contributed by atoms with E-state index in [0.717, 1.165) is 0 Å². The highest BCUT2D eigenvalue weighted by molar-refractivity contribution is 7.98. The number of carbonyl (C=O) groups is 1. The summed E-state index contributed by atoms with van der Waals surface area (Å²) < 4.78 is 118. The number of allylic oxidation sites excluding steroid dienone is 1. The van der Waals surface area contributed by atoms with Crippen LogP contribution in [0.25, 0.3) is 0 Å². The molecule has 1 N–H and O–H groups in total. The summed E-state index contributed by atoms with van der Waals surface area (Å²) in [6.07, 6.45) is -3.64. The molecule has 23 heavy (non-hydrogen) atoms. The van der Waals surface area contributed by atoms with Crippen LogP contribution in [0.2, 0.25) is 0 Å². The summed E-state index contributed by atoms with van der Waals surface area (Å²) in [5.41, 5.74) is -2.89. The van der Waals surface area contributed by atoms with Gasteiger partial charge >= 0.3 is 17.4 Å². The van der Waals surface area contributed by atoms with E-state index in [1.165, 1.54) is 4.72 Å². The molecule has 2 nitrogen and oxygen atoms in total. The molecule has 0 aromatic heterocycles. The molecule has 0 aliphatic carbocycles. The zero-order valence-corrected chi connectivity index (χ0v) is 11.7. The fraction of sp³-hybridized carbons (Fsp3) is 0.100. The summed E-state index contributed by atoms with van der Waals surface area (Å²) in [5, 5.41) is -1.43. The topological polar surface area (TPSA) is 29.1 Å². The average Bonchev–Trinajstić information content (AvgIpc) is 2.43. The largest absolute Gasteiger partial charge is 0.335 e. The van der Waals surface area contributed by atoms with Crippen molar-refractivity contribution in [3.05, 3.63) is 40.7 Å². The van der Waals surface area contributed by atoms with E-state index in [-0.39, 0.29) is 0 Å². The summed E-state index contributed by atoms with van der Waals surface area (Å²) in [4.78, 5) is 8.70. The van der Waals surface area contributed by atoms with Gasteiger partial charge in [-0.2, -0.15) is 22.0 Å². The smallest absolute Gasteiger partial charge is 0.282 e. The van der Waals surface area contributed by atoms with Crippen LogP contribution in [0, 0.1) is 23.3 Å². The van der Waals surface area contributed by atoms with Crippen LogP contribution in [0.1, 0.15) is 5.56 Å². The maximum Gasteiger partial charge on any atom is 0.335 e. The number of alkyl halides is 2. The van der Waals surface area contributed by atoms with Gasteiger partial charge in [0.15, 0.2) is 23.3 Å². The molecule has 0 radical (unpaired) electrons. The number of halogens is 10. The van der Waals surface area contributed by atoms with Gasteiger partial charge < -0.3 is 0 Å². The van der Waals surface area contributed by atoms with Crippen molar-refractivity contribution in [3.63, 3.8) is 0 Å². The second-order valence-electron chi connectivity index (χ2n) is 3.59. The second kappa shape index (κ2) is 6.91. The van der Waals surface area contributed by atoms with Crippen LogP contribution in [0.3, 0.4) is 0 Å². The Hall–Kier alpha value is -1.56. The number of rotatable bonds is 4. The molecule has 0 unspecified atom stereocenters. The van der Waals surface area contributed by atoms with Crippen molar-refractivity contribution in [1.29, 1.82) is 0 Å². The standard InChI is InChI=1S/C10HClF9NOS/c11-9(22)21-23-6-4(14)2(12)1(3(13)5(6)15)10(19,20)7(16)8(17)18/h(H,21,22). The molecule has 13 heteroatoms. The van der Waals surface area contributed by atoms with Gasteiger partial charge in [-0.3, -0.25) is 9.52 Å². The molecule has 128 valence electrons. The Labute approximate surface area is 130 Å². The molecular formula is C10HClF9NOS. The molecule has 0 saturated carbocycles. The second-order valence-corrected chi connectivity index (χ2v) is 4.75. The van der Waals surface area contributed by atoms with Crippen LogP contribution in [0.4, 0.5) is 44.3 Å². The van der Waals surface area contributed by atoms with Gasteiger partial charge in [0, 0.05) is 0 Å². The third-order valence-electron chi connectivity index (χ3n) is 2.21. The number of hydrogen-bond donors (Lipinski definition) is 1. The third-order valence-corrected chi connectivity index (χ3v) is 3.27. The lowest BCUT2D eigenvalue weighted by molar-refractivity contribution is -0.00254. The quantitative estimate of drug-likeness (QED) is 0.247. The first-order valence-corrected chi connectivity index (χ1v) is 6.20. The van der Waals surface area contributed by atoms with E-state index >= 15 is 0 Å². The van der Waals surface area contributed by atoms with Crippen molar-refractivity contribution in [3.8, 4) is 0 Å². The van der Waals surface area contributed by atoms with Gasteiger partial charge in [0.05, 0.1) is 0 Å². The molecular weight excluding hydrogens is 389 g/mol. The van der Waals surface area contributed by atoms with Gasteiger partial charge in [-0.1, -0.05) is 0 Å². The maximum absolute atomic E-state index is 13.5. The highest BCUT2D eigenvalue weighted by Gasteiger charge is 2.48. The molecule has 0 atom stereocenters. The Balaban J connectivity index is 3.61. The summed E-state index contributed by atoms with van der Waals surface area (Å²) in [6.45, 7) is 0. The Morgan fingerprint density at radius 2 is 1.39 bits per heavy atom. The van der Waals surface area contributed by atoms with E-state index < -0.39 is 68.9 Å². The predicted octanol–water partition coefficient (Wildman–Crippen LogP) is 5.37. The van der Waals surface area contributed by atoms with Crippen LogP contribution in [0.5, 0.6) is 0 Å². The molecule has 1 aromatic rings. The Bertz CT molecular complexity index is 660. The zero-order chi connectivity index (χ0) is 18.1. The van der Waals surface area contributed by atoms with Crippen molar-refractivity contribution < 1.29 is 44.3 Å². The number of amides is 1. The number of hydrogen-bond acceptors (Lipinski definition) is 2. The van der Waals surface area contributed by atoms with Crippen molar-refractivity contribution >= 4 is 28.9 Å². The van der Waals surface area contributed by atoms with Gasteiger partial charge in [-0.05, 0) is 23.5 Å². The van der Waals surface area contributed by atoms with Crippen molar-refractivity contribution in [2.75, 3.05) is 0 Å². The lowest BCUT2D eigenvalue weighted by atomic mass is 10.1. The maximum atomic E-state index is 13.5. The van der Waals surface area contributed by atoms with Gasteiger partial charge in [0.25, 0.3) is 0 Å². The molecule has 0 spiro atoms. The third kappa shape index (κ3) is 3.68. The van der Waals surface area contributed by atoms with E-state index in [1.807, 2.05) is 0 Å². The van der Waals surface area contributed by atoms with Gasteiger partial charge in [0.2, 0.25) is 5.83 Å². The molecule has 0 heterocycles. The van der Waals surface area contributed by atoms with Crippen LogP contribution in [0.15, 0.2) is 16.8 Å². The SMILES string of the molecule is O=C(Cl)NSc1c(F)c(F)c(C(F)(F)C(F)=C(F)F)c(F)c1F. The van der Waals surface area contributed by atoms with Crippen LogP contribution < -0.4 is 4.72 Å². The summed E-state index contributed by atoms with van der Waals surface area (Å²) in [5.74, 6) is -19.8. The van der Waals surface area contributed by atoms with Gasteiger partial charge in [-0.25, -0.2) is 17.6 Å². The highest BCUT2D eigenvalue weighted by atomic mass is 35.5. The molecule has 1 amide bonds. The average molecular weight is 390 g/mol. The summed E-state index contributed by atoms with van der Waals surface area (Å²) >= 11 is 4.31. The molecule has 0 aliphatic heterocycles. The van der Waals surface area contributed by atoms with Crippen LogP contribution in [-0.2, 0) is 5.92 Å². The van der Waals surface area contributed by atoms with Crippen LogP contribution in [-0.4, -0.2) is 5.37 Å². The Morgan fingerprint density at radius 3 is 1.74 bits per heavy atom. The first-order chi connectivity index (χ1) is 10.4. The van der Waals surface area contributed by atoms with E-state index in [9.17, 15) is 44.3 Å². The first kappa shape index (κ1) is 19.5. The number of benzene rings is 1. The summed E-state index contributed by atoms with van der Waals surface area (Å²) in [7, 11) is 0. The zero-order valence-electron chi connectivity index (χ0n) is 10.1. The first-order valence-electron chi connectivity index (χ1n) is 5.00. The van der Waals surface area contributed by atoms with E-state index in [2.05, 4.69) is 0 Å². The number of carbonyl (C=O) groups excluding carboxylic acids is 1. The molecule has 1 rings (SSSR count). The Morgan fingerprint density at radius 1 is 0.957 bits per heavy atom. The molecule has 0 aliphatic rings. The van der Waals surface area contributed by atoms with Gasteiger partial charge in [-0.15, -0.1) is 0 Å². The predicted molar refractivity (Wildman–Crippen MR) is 60.8 cm³/mol. The van der Waals surface area contributed by atoms with Crippen molar-refractivity contribution in [1.82, 2.24) is 4.72 Å². The lowest BCUT2D eigenvalue weighted by Crippen LogP contribution is -2.22. The fourth-order valence-electron chi connectivity index (χ4n) is 1.30. The van der Waals surface area contributed by atoms with E-state index in [4.69, 9.17) is 11.6 Å². The summed E-state index contributed by atoms with van der Waals surface area (Å²) in [6, 6.07) is 0. The minimum absolute atomic E-state index is 0.416. The highest BCUT2D eigenvalue weighted by Crippen LogP contribution is 2.44. The molecule has 0 saturated heterocycles. The minimum atomic E-state index is -5.67. The fourth-order valence-corrected chi connectivity index (χ4v) is 1.95. The number of nitrogens with one attached hydrogen (secondary N) is 1. The van der Waals surface area contributed by atoms with E-state index in [1.54, 1.807) is 0 Å². The van der Waals surface area contributed by atoms with Gasteiger partial charge in [0.1, 0.15) is 10.5 Å². The lowest BCUT2D eigenvalue weighted by Gasteiger charge is -2.18. The van der Waals surface area contributed by atoms with Crippen molar-refractivity contribution in [2.24, 2.45) is 0 Å². The van der Waals surface area contributed by atoms with Crippen LogP contribution >= 0.6 is 23.5 Å². The Kier molecular flexibility index (Phi) is 5.85. The molecule has 1 aromatic carbocycles. The minimum Gasteiger partial charge on any atom is -0.282 e. The normalized spacial score (nSPS) is 11.4. The van der Waals surface area contributed by atoms with E-state index in [0.29, 0.717) is 0 Å². The molecule has 0 bridgehead atoms. The molecule has 0 fully saturated rings. The monoisotopic (exact) mass is 389 g/mol. The van der Waals surface area contributed by atoms with Crippen molar-refractivity contribution in [2.45, 2.75) is 10.8 Å².